The van der Waals surface area contributed by atoms with Crippen LogP contribution in [0.2, 0.25) is 0 Å². The van der Waals surface area contributed by atoms with E-state index in [4.69, 9.17) is 0 Å². The van der Waals surface area contributed by atoms with E-state index in [9.17, 15) is 0 Å². The van der Waals surface area contributed by atoms with Gasteiger partial charge in [-0.15, -0.1) is 0 Å². The molecule has 3 radical (unpaired) electrons. The smallest absolute Gasteiger partial charge is 1.00 e. The van der Waals surface area contributed by atoms with Crippen molar-refractivity contribution in [3.05, 3.63) is 0 Å². The average Bonchev–Trinajstić information content (AvgIpc) is 0. The topological polar surface area (TPSA) is 0 Å². The summed E-state index contributed by atoms with van der Waals surface area (Å²) in [7, 11) is 0. The third kappa shape index (κ3) is 8.82. The predicted octanol–water partition coefficient (Wildman–Crippen LogP) is -3.27. The quantitative estimate of drug-likeness (QED) is 0.355. The SMILES string of the molecule is F.[B].[Ba+2].[H-].[H-].[H-].[Na+]. The van der Waals surface area contributed by atoms with Gasteiger partial charge in [-0.05, 0) is 0 Å². The van der Waals surface area contributed by atoms with Crippen molar-refractivity contribution < 1.29 is 38.5 Å². The molecule has 0 N–H and O–H groups in total. The largest absolute Gasteiger partial charge is 2.00 e. The van der Waals surface area contributed by atoms with Crippen molar-refractivity contribution in [1.82, 2.24) is 0 Å². The molecule has 4 heavy (non-hydrogen) atoms. The molecule has 0 aromatic heterocycles. The molecule has 0 unspecified atom stereocenters. The summed E-state index contributed by atoms with van der Waals surface area (Å²) < 4.78 is 0. The minimum Gasteiger partial charge on any atom is -1.00 e. The molecule has 4 heteroatoms. The normalized spacial score (nSPS) is 0. The third-order valence-corrected chi connectivity index (χ3v) is 0. The van der Waals surface area contributed by atoms with Gasteiger partial charge in [-0.25, -0.2) is 0 Å². The van der Waals surface area contributed by atoms with Gasteiger partial charge in [-0.2, -0.15) is 0 Å². The monoisotopic (exact) mass is 195 g/mol. The minimum absolute atomic E-state index is 0. The van der Waals surface area contributed by atoms with Crippen LogP contribution in [0.3, 0.4) is 0 Å². The van der Waals surface area contributed by atoms with E-state index in [0.29, 0.717) is 0 Å². The molecule has 0 nitrogen and oxygen atoms in total. The van der Waals surface area contributed by atoms with Crippen LogP contribution in [0.25, 0.3) is 0 Å². The van der Waals surface area contributed by atoms with E-state index in [0.717, 1.165) is 0 Å². The second kappa shape index (κ2) is 17.6. The molecule has 0 aliphatic heterocycles. The first-order valence-corrected chi connectivity index (χ1v) is 0. The first-order valence-electron chi connectivity index (χ1n) is 0. The zero-order valence-corrected chi connectivity index (χ0v) is 9.13. The van der Waals surface area contributed by atoms with E-state index < -0.39 is 0 Å². The second-order valence-corrected chi connectivity index (χ2v) is 0. The molecule has 0 aliphatic rings. The zero-order chi connectivity index (χ0) is 0. The van der Waals surface area contributed by atoms with Gasteiger partial charge < -0.3 is 4.28 Å². The maximum Gasteiger partial charge on any atom is 2.00 e. The van der Waals surface area contributed by atoms with Crippen LogP contribution in [0.1, 0.15) is 4.28 Å². The first kappa shape index (κ1) is 30.9. The summed E-state index contributed by atoms with van der Waals surface area (Å²) in [6.45, 7) is 0. The van der Waals surface area contributed by atoms with E-state index >= 15 is 0 Å². The summed E-state index contributed by atoms with van der Waals surface area (Å²) in [5, 5.41) is 0. The first-order chi connectivity index (χ1) is 0. The fraction of sp³-hybridized carbons (Fsp3) is 0. The van der Waals surface area contributed by atoms with Crippen molar-refractivity contribution >= 4 is 57.3 Å². The van der Waals surface area contributed by atoms with Gasteiger partial charge in [0.2, 0.25) is 0 Å². The molecule has 0 bridgehead atoms. The average molecular weight is 194 g/mol. The van der Waals surface area contributed by atoms with E-state index in [1.54, 1.807) is 0 Å². The van der Waals surface area contributed by atoms with Crippen molar-refractivity contribution in [2.45, 2.75) is 0 Å². The van der Waals surface area contributed by atoms with E-state index in [1.807, 2.05) is 0 Å². The van der Waals surface area contributed by atoms with Gasteiger partial charge >= 0.3 is 78.4 Å². The summed E-state index contributed by atoms with van der Waals surface area (Å²) >= 11 is 0. The van der Waals surface area contributed by atoms with E-state index in [-0.39, 0.29) is 95.8 Å². The maximum atomic E-state index is 0. The molecule has 0 atom stereocenters. The summed E-state index contributed by atoms with van der Waals surface area (Å²) in [5.74, 6) is 0. The summed E-state index contributed by atoms with van der Waals surface area (Å²) in [5.41, 5.74) is 0. The van der Waals surface area contributed by atoms with Crippen molar-refractivity contribution in [3.63, 3.8) is 0 Å². The van der Waals surface area contributed by atoms with Gasteiger partial charge in [0.25, 0.3) is 0 Å². The van der Waals surface area contributed by atoms with Crippen LogP contribution in [0, 0.1) is 0 Å². The molecule has 0 heterocycles. The Morgan fingerprint density at radius 2 is 1.25 bits per heavy atom. The molecule has 0 saturated heterocycles. The van der Waals surface area contributed by atoms with Crippen LogP contribution in [0.4, 0.5) is 4.70 Å². The molecule has 0 aliphatic carbocycles. The summed E-state index contributed by atoms with van der Waals surface area (Å²) in [4.78, 5) is 0. The van der Waals surface area contributed by atoms with Crippen LogP contribution >= 0.6 is 0 Å². The molecule has 0 saturated carbocycles. The van der Waals surface area contributed by atoms with Crippen LogP contribution in [-0.2, 0) is 0 Å². The summed E-state index contributed by atoms with van der Waals surface area (Å²) in [6, 6.07) is 0. The Morgan fingerprint density at radius 1 is 1.25 bits per heavy atom. The van der Waals surface area contributed by atoms with Crippen molar-refractivity contribution in [3.8, 4) is 0 Å². The number of halogens is 1. The van der Waals surface area contributed by atoms with Gasteiger partial charge in [-0.3, -0.25) is 4.70 Å². The van der Waals surface area contributed by atoms with Crippen molar-refractivity contribution in [1.29, 1.82) is 0 Å². The molecule has 0 amide bonds. The Kier molecular flexibility index (Phi) is 136. The third-order valence-electron chi connectivity index (χ3n) is 0. The Bertz CT molecular complexity index is 14.9. The molecule has 0 fully saturated rings. The van der Waals surface area contributed by atoms with Crippen molar-refractivity contribution in [2.24, 2.45) is 0 Å². The van der Waals surface area contributed by atoms with Crippen LogP contribution in [0.5, 0.6) is 0 Å². The maximum absolute atomic E-state index is 0. The van der Waals surface area contributed by atoms with Gasteiger partial charge in [0, 0.05) is 8.41 Å². The van der Waals surface area contributed by atoms with Gasteiger partial charge in [0.1, 0.15) is 0 Å². The van der Waals surface area contributed by atoms with E-state index in [2.05, 4.69) is 0 Å². The van der Waals surface area contributed by atoms with Gasteiger partial charge in [-0.1, -0.05) is 0 Å². The summed E-state index contributed by atoms with van der Waals surface area (Å²) in [6.07, 6.45) is 0. The fourth-order valence-corrected chi connectivity index (χ4v) is 0. The minimum atomic E-state index is 0. The molecule has 0 spiro atoms. The zero-order valence-electron chi connectivity index (χ0n) is 5.69. The standard InChI is InChI=1S/B.Ba.FH.Na.3H/h;;1H;;;;/q;+2;;+1;3*-1. The number of rotatable bonds is 0. The van der Waals surface area contributed by atoms with Crippen LogP contribution < -0.4 is 29.6 Å². The van der Waals surface area contributed by atoms with Crippen LogP contribution in [0.15, 0.2) is 0 Å². The molecular formula is H4BBaFNa. The predicted molar refractivity (Wildman–Crippen MR) is 17.3 cm³/mol. The Hall–Kier alpha value is 2.57. The molecular weight excluding hydrogens is 190 g/mol. The van der Waals surface area contributed by atoms with E-state index in [1.165, 1.54) is 0 Å². The van der Waals surface area contributed by atoms with Gasteiger partial charge in [0.05, 0.1) is 0 Å². The Labute approximate surface area is 93.9 Å². The fourth-order valence-electron chi connectivity index (χ4n) is 0. The Morgan fingerprint density at radius 3 is 1.25 bits per heavy atom. The molecule has 0 rings (SSSR count). The molecule has 17 valence electrons. The molecule has 0 aromatic carbocycles. The van der Waals surface area contributed by atoms with Crippen molar-refractivity contribution in [2.75, 3.05) is 0 Å². The number of hydrogen-bond donors (Lipinski definition) is 0. The van der Waals surface area contributed by atoms with Gasteiger partial charge in [0.15, 0.2) is 0 Å². The number of hydrogen-bond acceptors (Lipinski definition) is 0. The van der Waals surface area contributed by atoms with Crippen LogP contribution in [-0.4, -0.2) is 57.3 Å². The Balaban J connectivity index is 0. The second-order valence-electron chi connectivity index (χ2n) is 0. The molecule has 0 aromatic rings.